The van der Waals surface area contributed by atoms with Crippen LogP contribution in [0, 0.1) is 13.8 Å². The molecule has 0 N–H and O–H groups in total. The number of aromatic nitrogens is 4. The second-order valence-corrected chi connectivity index (χ2v) is 7.24. The van der Waals surface area contributed by atoms with Gasteiger partial charge in [-0.1, -0.05) is 29.5 Å². The molecule has 26 heavy (non-hydrogen) atoms. The Balaban J connectivity index is 1.50. The molecular formula is C19H18N4O2S. The predicted octanol–water partition coefficient (Wildman–Crippen LogP) is 3.19. The minimum absolute atomic E-state index is 0.0554. The van der Waals surface area contributed by atoms with Gasteiger partial charge in [-0.3, -0.25) is 4.79 Å². The number of tetrazole rings is 1. The van der Waals surface area contributed by atoms with Crippen molar-refractivity contribution in [3.63, 3.8) is 0 Å². The van der Waals surface area contributed by atoms with Crippen LogP contribution in [0.25, 0.3) is 5.69 Å². The largest absolute Gasteiger partial charge is 0.493 e. The van der Waals surface area contributed by atoms with Gasteiger partial charge in [-0.15, -0.1) is 5.10 Å². The first kappa shape index (κ1) is 16.8. The third-order valence-electron chi connectivity index (χ3n) is 4.37. The lowest BCUT2D eigenvalue weighted by Crippen LogP contribution is -2.06. The van der Waals surface area contributed by atoms with Gasteiger partial charge in [0.15, 0.2) is 5.78 Å². The van der Waals surface area contributed by atoms with Crippen molar-refractivity contribution in [1.82, 2.24) is 20.2 Å². The van der Waals surface area contributed by atoms with Crippen LogP contribution in [-0.2, 0) is 6.42 Å². The Bertz CT molecular complexity index is 983. The van der Waals surface area contributed by atoms with Crippen LogP contribution in [0.4, 0.5) is 0 Å². The number of carbonyl (C=O) groups is 1. The number of rotatable bonds is 5. The van der Waals surface area contributed by atoms with Crippen LogP contribution in [0.15, 0.2) is 41.6 Å². The van der Waals surface area contributed by atoms with Gasteiger partial charge in [0.25, 0.3) is 0 Å². The fourth-order valence-electron chi connectivity index (χ4n) is 3.04. The van der Waals surface area contributed by atoms with Crippen LogP contribution in [-0.4, -0.2) is 38.4 Å². The van der Waals surface area contributed by atoms with Crippen molar-refractivity contribution in [2.24, 2.45) is 0 Å². The lowest BCUT2D eigenvalue weighted by Gasteiger charge is -2.08. The Morgan fingerprint density at radius 1 is 1.23 bits per heavy atom. The molecule has 6 nitrogen and oxygen atoms in total. The smallest absolute Gasteiger partial charge is 0.214 e. The Kier molecular flexibility index (Phi) is 4.46. The Morgan fingerprint density at radius 2 is 2.12 bits per heavy atom. The number of benzene rings is 2. The zero-order valence-corrected chi connectivity index (χ0v) is 15.4. The van der Waals surface area contributed by atoms with Crippen LogP contribution < -0.4 is 4.74 Å². The predicted molar refractivity (Wildman–Crippen MR) is 99.3 cm³/mol. The van der Waals surface area contributed by atoms with Crippen LogP contribution in [0.5, 0.6) is 5.75 Å². The van der Waals surface area contributed by atoms with E-state index in [0.717, 1.165) is 29.0 Å². The van der Waals surface area contributed by atoms with Crippen molar-refractivity contribution < 1.29 is 9.53 Å². The number of ketones is 1. The van der Waals surface area contributed by atoms with Crippen molar-refractivity contribution in [3.8, 4) is 11.4 Å². The monoisotopic (exact) mass is 366 g/mol. The van der Waals surface area contributed by atoms with Crippen molar-refractivity contribution >= 4 is 17.5 Å². The summed E-state index contributed by atoms with van der Waals surface area (Å²) in [6.45, 7) is 4.76. The number of hydrogen-bond donors (Lipinski definition) is 0. The lowest BCUT2D eigenvalue weighted by molar-refractivity contribution is 0.102. The number of Topliss-reactive ketones (excluding diaryl/α,β-unsaturated/α-hetero) is 1. The van der Waals surface area contributed by atoms with Crippen LogP contribution in [0.3, 0.4) is 0 Å². The van der Waals surface area contributed by atoms with Crippen LogP contribution >= 0.6 is 11.8 Å². The maximum atomic E-state index is 12.6. The number of ether oxygens (including phenoxy) is 1. The van der Waals surface area contributed by atoms with E-state index < -0.39 is 0 Å². The Labute approximate surface area is 155 Å². The van der Waals surface area contributed by atoms with Gasteiger partial charge < -0.3 is 4.74 Å². The molecule has 3 aromatic rings. The zero-order valence-electron chi connectivity index (χ0n) is 14.6. The molecule has 0 saturated heterocycles. The molecule has 2 heterocycles. The molecule has 0 saturated carbocycles. The number of nitrogens with zero attached hydrogens (tertiary/aromatic N) is 4. The summed E-state index contributed by atoms with van der Waals surface area (Å²) in [6.07, 6.45) is 0.856. The summed E-state index contributed by atoms with van der Waals surface area (Å²) >= 11 is 1.34. The van der Waals surface area contributed by atoms with Crippen molar-refractivity contribution in [1.29, 1.82) is 0 Å². The summed E-state index contributed by atoms with van der Waals surface area (Å²) in [5.74, 6) is 1.22. The minimum Gasteiger partial charge on any atom is -0.493 e. The topological polar surface area (TPSA) is 69.9 Å². The molecule has 1 aliphatic rings. The molecule has 0 radical (unpaired) electrons. The normalized spacial score (nSPS) is 12.7. The van der Waals surface area contributed by atoms with Crippen LogP contribution in [0.1, 0.15) is 27.0 Å². The van der Waals surface area contributed by atoms with Crippen molar-refractivity contribution in [2.75, 3.05) is 12.4 Å². The lowest BCUT2D eigenvalue weighted by atomic mass is 10.1. The van der Waals surface area contributed by atoms with Gasteiger partial charge in [-0.25, -0.2) is 0 Å². The molecule has 132 valence electrons. The summed E-state index contributed by atoms with van der Waals surface area (Å²) in [7, 11) is 0. The van der Waals surface area contributed by atoms with Gasteiger partial charge in [-0.2, -0.15) is 4.68 Å². The average molecular weight is 366 g/mol. The Hall–Kier alpha value is -2.67. The summed E-state index contributed by atoms with van der Waals surface area (Å²) in [4.78, 5) is 12.6. The highest BCUT2D eigenvalue weighted by molar-refractivity contribution is 7.99. The van der Waals surface area contributed by atoms with Crippen LogP contribution in [0.2, 0.25) is 0 Å². The highest BCUT2D eigenvalue weighted by Gasteiger charge is 2.17. The summed E-state index contributed by atoms with van der Waals surface area (Å²) in [5, 5.41) is 12.5. The molecule has 0 spiro atoms. The quantitative estimate of drug-likeness (QED) is 0.510. The van der Waals surface area contributed by atoms with Gasteiger partial charge in [0.1, 0.15) is 5.75 Å². The molecule has 0 atom stereocenters. The fourth-order valence-corrected chi connectivity index (χ4v) is 3.81. The van der Waals surface area contributed by atoms with Gasteiger partial charge in [0.05, 0.1) is 18.0 Å². The van der Waals surface area contributed by atoms with Gasteiger partial charge in [0.2, 0.25) is 5.16 Å². The third kappa shape index (κ3) is 3.22. The summed E-state index contributed by atoms with van der Waals surface area (Å²) < 4.78 is 7.17. The van der Waals surface area contributed by atoms with E-state index in [-0.39, 0.29) is 11.5 Å². The van der Waals surface area contributed by atoms with Crippen molar-refractivity contribution in [2.45, 2.75) is 25.4 Å². The molecule has 4 rings (SSSR count). The standard InChI is InChI=1S/C19H18N4O2S/c1-12-3-5-16(13(2)9-12)23-19(20-21-22-23)26-11-17(24)14-4-6-18-15(10-14)7-8-25-18/h3-6,9-10H,7-8,11H2,1-2H3. The van der Waals surface area contributed by atoms with E-state index >= 15 is 0 Å². The molecule has 2 aromatic carbocycles. The van der Waals surface area contributed by atoms with Gasteiger partial charge in [-0.05, 0) is 59.7 Å². The molecule has 7 heteroatoms. The molecule has 0 bridgehead atoms. The van der Waals surface area contributed by atoms with E-state index in [2.05, 4.69) is 21.6 Å². The summed E-state index contributed by atoms with van der Waals surface area (Å²) in [5.41, 5.74) is 4.99. The number of fused-ring (bicyclic) bond motifs is 1. The molecule has 0 aliphatic carbocycles. The highest BCUT2D eigenvalue weighted by Crippen LogP contribution is 2.27. The van der Waals surface area contributed by atoms with E-state index in [1.165, 1.54) is 17.3 Å². The molecule has 0 unspecified atom stereocenters. The maximum Gasteiger partial charge on any atom is 0.214 e. The average Bonchev–Trinajstić information content (AvgIpc) is 3.28. The van der Waals surface area contributed by atoms with Gasteiger partial charge in [0, 0.05) is 12.0 Å². The number of carbonyl (C=O) groups excluding carboxylic acids is 1. The molecule has 1 aliphatic heterocycles. The number of thioether (sulfide) groups is 1. The summed E-state index contributed by atoms with van der Waals surface area (Å²) in [6, 6.07) is 11.7. The second-order valence-electron chi connectivity index (χ2n) is 6.30. The maximum absolute atomic E-state index is 12.6. The van der Waals surface area contributed by atoms with Crippen molar-refractivity contribution in [3.05, 3.63) is 58.7 Å². The number of aryl methyl sites for hydroxylation is 2. The van der Waals surface area contributed by atoms with E-state index in [4.69, 9.17) is 4.74 Å². The first-order valence-corrected chi connectivity index (χ1v) is 9.38. The Morgan fingerprint density at radius 3 is 2.96 bits per heavy atom. The molecule has 0 amide bonds. The van der Waals surface area contributed by atoms with Gasteiger partial charge >= 0.3 is 0 Å². The second kappa shape index (κ2) is 6.92. The highest BCUT2D eigenvalue weighted by atomic mass is 32.2. The molecule has 0 fully saturated rings. The first-order valence-electron chi connectivity index (χ1n) is 8.39. The van der Waals surface area contributed by atoms with E-state index in [0.29, 0.717) is 17.3 Å². The molecular weight excluding hydrogens is 348 g/mol. The molecule has 1 aromatic heterocycles. The van der Waals surface area contributed by atoms with E-state index in [9.17, 15) is 4.79 Å². The van der Waals surface area contributed by atoms with E-state index in [1.807, 2.05) is 44.2 Å². The number of hydrogen-bond acceptors (Lipinski definition) is 6. The zero-order chi connectivity index (χ0) is 18.1. The first-order chi connectivity index (χ1) is 12.6. The van der Waals surface area contributed by atoms with E-state index in [1.54, 1.807) is 4.68 Å². The third-order valence-corrected chi connectivity index (χ3v) is 5.28. The SMILES string of the molecule is Cc1ccc(-n2nnnc2SCC(=O)c2ccc3c(c2)CCO3)c(C)c1. The minimum atomic E-state index is 0.0554. The fraction of sp³-hybridized carbons (Fsp3) is 0.263.